The van der Waals surface area contributed by atoms with Crippen LogP contribution in [0.4, 0.5) is 10.1 Å². The van der Waals surface area contributed by atoms with E-state index in [4.69, 9.17) is 0 Å². The summed E-state index contributed by atoms with van der Waals surface area (Å²) in [5.74, 6) is -0.359. The number of aryl methyl sites for hydroxylation is 2. The summed E-state index contributed by atoms with van der Waals surface area (Å²) in [6.45, 7) is 6.85. The van der Waals surface area contributed by atoms with E-state index in [1.807, 2.05) is 24.0 Å². The van der Waals surface area contributed by atoms with Crippen molar-refractivity contribution >= 4 is 11.6 Å². The van der Waals surface area contributed by atoms with Gasteiger partial charge in [0.15, 0.2) is 0 Å². The number of halogens is 1. The van der Waals surface area contributed by atoms with E-state index >= 15 is 0 Å². The molecule has 0 atom stereocenters. The molecule has 3 aromatic rings. The molecule has 4 rings (SSSR count). The monoisotopic (exact) mass is 378 g/mol. The van der Waals surface area contributed by atoms with Crippen LogP contribution in [0.3, 0.4) is 0 Å². The first-order chi connectivity index (χ1) is 13.5. The summed E-state index contributed by atoms with van der Waals surface area (Å²) >= 11 is 0. The molecule has 28 heavy (non-hydrogen) atoms. The lowest BCUT2D eigenvalue weighted by Gasteiger charge is -2.36. The smallest absolute Gasteiger partial charge is 0.272 e. The molecule has 1 aliphatic rings. The average Bonchev–Trinajstić information content (AvgIpc) is 3.10. The van der Waals surface area contributed by atoms with Crippen molar-refractivity contribution in [1.29, 1.82) is 0 Å². The van der Waals surface area contributed by atoms with E-state index in [0.29, 0.717) is 24.5 Å². The number of aromatic nitrogens is 2. The van der Waals surface area contributed by atoms with Gasteiger partial charge in [-0.2, -0.15) is 5.10 Å². The number of piperazine rings is 1. The predicted molar refractivity (Wildman–Crippen MR) is 108 cm³/mol. The van der Waals surface area contributed by atoms with Crippen molar-refractivity contribution in [2.45, 2.75) is 13.8 Å². The molecule has 2 aromatic carbocycles. The molecule has 0 N–H and O–H groups in total. The van der Waals surface area contributed by atoms with Crippen molar-refractivity contribution in [3.8, 4) is 5.69 Å². The summed E-state index contributed by atoms with van der Waals surface area (Å²) in [5, 5.41) is 4.44. The van der Waals surface area contributed by atoms with Gasteiger partial charge in [0.2, 0.25) is 0 Å². The minimum atomic E-state index is -0.312. The quantitative estimate of drug-likeness (QED) is 0.699. The van der Waals surface area contributed by atoms with Gasteiger partial charge in [-0.1, -0.05) is 18.2 Å². The maximum absolute atomic E-state index is 13.3. The zero-order valence-electron chi connectivity index (χ0n) is 16.1. The topological polar surface area (TPSA) is 41.4 Å². The fourth-order valence-electron chi connectivity index (χ4n) is 3.66. The Morgan fingerprint density at radius 2 is 1.64 bits per heavy atom. The summed E-state index contributed by atoms with van der Waals surface area (Å²) in [6, 6.07) is 16.1. The molecule has 1 aliphatic heterocycles. The highest BCUT2D eigenvalue weighted by Crippen LogP contribution is 2.22. The van der Waals surface area contributed by atoms with Crippen LogP contribution < -0.4 is 4.90 Å². The second-order valence-electron chi connectivity index (χ2n) is 7.12. The second-order valence-corrected chi connectivity index (χ2v) is 7.12. The maximum Gasteiger partial charge on any atom is 0.272 e. The average molecular weight is 378 g/mol. The van der Waals surface area contributed by atoms with E-state index < -0.39 is 0 Å². The Labute approximate surface area is 164 Å². The van der Waals surface area contributed by atoms with E-state index in [9.17, 15) is 9.18 Å². The number of hydrogen-bond acceptors (Lipinski definition) is 3. The maximum atomic E-state index is 13.3. The van der Waals surface area contributed by atoms with Gasteiger partial charge in [0.05, 0.1) is 11.4 Å². The number of nitrogens with zero attached hydrogens (tertiary/aromatic N) is 4. The van der Waals surface area contributed by atoms with Crippen LogP contribution in [0.15, 0.2) is 54.6 Å². The van der Waals surface area contributed by atoms with Gasteiger partial charge in [-0.05, 0) is 55.8 Å². The zero-order chi connectivity index (χ0) is 19.7. The van der Waals surface area contributed by atoms with Crippen LogP contribution in [0, 0.1) is 19.7 Å². The number of benzene rings is 2. The molecule has 5 nitrogen and oxygen atoms in total. The molecule has 6 heteroatoms. The highest BCUT2D eigenvalue weighted by Gasteiger charge is 2.26. The molecule has 0 spiro atoms. The van der Waals surface area contributed by atoms with Crippen molar-refractivity contribution in [3.63, 3.8) is 0 Å². The van der Waals surface area contributed by atoms with Crippen molar-refractivity contribution in [1.82, 2.24) is 14.7 Å². The number of hydrogen-bond donors (Lipinski definition) is 0. The SMILES string of the molecule is Cc1cc(C(=O)N2CCN(c3ccccc3C)CC2)n(-c2ccc(F)cc2)n1. The minimum absolute atomic E-state index is 0.0469. The van der Waals surface area contributed by atoms with Gasteiger partial charge < -0.3 is 9.80 Å². The van der Waals surface area contributed by atoms with Crippen LogP contribution in [0.25, 0.3) is 5.69 Å². The lowest BCUT2D eigenvalue weighted by atomic mass is 10.1. The molecule has 0 bridgehead atoms. The largest absolute Gasteiger partial charge is 0.368 e. The second kappa shape index (κ2) is 7.46. The number of anilines is 1. The van der Waals surface area contributed by atoms with Crippen LogP contribution in [-0.4, -0.2) is 46.8 Å². The molecule has 1 amide bonds. The lowest BCUT2D eigenvalue weighted by molar-refractivity contribution is 0.0737. The molecular formula is C22H23FN4O. The number of rotatable bonds is 3. The van der Waals surface area contributed by atoms with Crippen LogP contribution in [0.2, 0.25) is 0 Å². The molecule has 1 fully saturated rings. The number of para-hydroxylation sites is 1. The van der Waals surface area contributed by atoms with Crippen molar-refractivity contribution in [3.05, 3.63) is 77.4 Å². The van der Waals surface area contributed by atoms with Gasteiger partial charge >= 0.3 is 0 Å². The van der Waals surface area contributed by atoms with E-state index in [2.05, 4.69) is 29.1 Å². The first-order valence-corrected chi connectivity index (χ1v) is 9.45. The Hall–Kier alpha value is -3.15. The zero-order valence-corrected chi connectivity index (χ0v) is 16.1. The van der Waals surface area contributed by atoms with Gasteiger partial charge in [-0.3, -0.25) is 4.79 Å². The molecule has 2 heterocycles. The van der Waals surface area contributed by atoms with Crippen molar-refractivity contribution < 1.29 is 9.18 Å². The first-order valence-electron chi connectivity index (χ1n) is 9.45. The number of carbonyl (C=O) groups excluding carboxylic acids is 1. The van der Waals surface area contributed by atoms with Crippen LogP contribution in [0.5, 0.6) is 0 Å². The summed E-state index contributed by atoms with van der Waals surface area (Å²) in [5.41, 5.74) is 4.41. The van der Waals surface area contributed by atoms with Gasteiger partial charge in [0.1, 0.15) is 11.5 Å². The highest BCUT2D eigenvalue weighted by atomic mass is 19.1. The fraction of sp³-hybridized carbons (Fsp3) is 0.273. The summed E-state index contributed by atoms with van der Waals surface area (Å²) < 4.78 is 14.9. The Balaban J connectivity index is 1.52. The Morgan fingerprint density at radius 3 is 2.32 bits per heavy atom. The van der Waals surface area contributed by atoms with Gasteiger partial charge in [0.25, 0.3) is 5.91 Å². The third-order valence-corrected chi connectivity index (χ3v) is 5.14. The summed E-state index contributed by atoms with van der Waals surface area (Å²) in [4.78, 5) is 17.3. The molecular weight excluding hydrogens is 355 g/mol. The van der Waals surface area contributed by atoms with E-state index in [1.54, 1.807) is 22.9 Å². The molecule has 0 unspecified atom stereocenters. The van der Waals surface area contributed by atoms with Gasteiger partial charge in [-0.15, -0.1) is 0 Å². The normalized spacial score (nSPS) is 14.4. The van der Waals surface area contributed by atoms with Crippen LogP contribution in [0.1, 0.15) is 21.7 Å². The van der Waals surface area contributed by atoms with Crippen LogP contribution >= 0.6 is 0 Å². The molecule has 144 valence electrons. The predicted octanol–water partition coefficient (Wildman–Crippen LogP) is 3.59. The van der Waals surface area contributed by atoms with E-state index in [1.165, 1.54) is 23.4 Å². The fourth-order valence-corrected chi connectivity index (χ4v) is 3.66. The lowest BCUT2D eigenvalue weighted by Crippen LogP contribution is -2.49. The Bertz CT molecular complexity index is 988. The molecule has 1 aromatic heterocycles. The summed E-state index contributed by atoms with van der Waals surface area (Å²) in [7, 11) is 0. The third-order valence-electron chi connectivity index (χ3n) is 5.14. The van der Waals surface area contributed by atoms with Crippen molar-refractivity contribution in [2.24, 2.45) is 0 Å². The van der Waals surface area contributed by atoms with Gasteiger partial charge in [0, 0.05) is 31.9 Å². The summed E-state index contributed by atoms with van der Waals surface area (Å²) in [6.07, 6.45) is 0. The molecule has 1 saturated heterocycles. The van der Waals surface area contributed by atoms with E-state index in [0.717, 1.165) is 18.8 Å². The minimum Gasteiger partial charge on any atom is -0.368 e. The third kappa shape index (κ3) is 3.50. The molecule has 0 radical (unpaired) electrons. The number of carbonyl (C=O) groups is 1. The first kappa shape index (κ1) is 18.2. The highest BCUT2D eigenvalue weighted by molar-refractivity contribution is 5.93. The number of amides is 1. The molecule has 0 aliphatic carbocycles. The molecule has 0 saturated carbocycles. The van der Waals surface area contributed by atoms with Crippen LogP contribution in [-0.2, 0) is 0 Å². The van der Waals surface area contributed by atoms with Gasteiger partial charge in [-0.25, -0.2) is 9.07 Å². The Kier molecular flexibility index (Phi) is 4.86. The van der Waals surface area contributed by atoms with E-state index in [-0.39, 0.29) is 11.7 Å². The standard InChI is InChI=1S/C22H23FN4O/c1-16-5-3-4-6-20(16)25-11-13-26(14-12-25)22(28)21-15-17(2)24-27(21)19-9-7-18(23)8-10-19/h3-10,15H,11-14H2,1-2H3. The van der Waals surface area contributed by atoms with Crippen molar-refractivity contribution in [2.75, 3.05) is 31.1 Å². The Morgan fingerprint density at radius 1 is 0.964 bits per heavy atom.